The Morgan fingerprint density at radius 3 is 1.64 bits per heavy atom. The number of allylic oxidation sites excluding steroid dienone is 15. The standard InChI is InChI=1S/C46H79N2O6P/c1-6-8-10-12-14-16-18-20-22-23-24-25-26-28-30-32-34-36-38-40-46(50)47-44(43-54-55(51,52)53-42-41-48(3,4)5)45(49)39-37-35-33-31-29-27-21-19-17-15-13-11-9-7-2/h8,10,14,16-17,19-20,22,24-25,28-31,37,39,44-45,49H,6-7,9,11-13,15,18,21,23,26-27,32-36,38,40-43H2,1-5H3,(H-,47,50,51,52)/p+1/b10-8-,16-14-,19-17+,22-20-,25-24-,30-28-,31-29+,39-37+. The average Bonchev–Trinajstić information content (AvgIpc) is 3.13. The van der Waals surface area contributed by atoms with E-state index in [0.717, 1.165) is 83.5 Å². The number of rotatable bonds is 36. The monoisotopic (exact) mass is 788 g/mol. The highest BCUT2D eigenvalue weighted by atomic mass is 31.2. The zero-order valence-corrected chi connectivity index (χ0v) is 36.3. The van der Waals surface area contributed by atoms with E-state index in [1.165, 1.54) is 25.7 Å². The van der Waals surface area contributed by atoms with Crippen molar-refractivity contribution in [2.45, 2.75) is 148 Å². The van der Waals surface area contributed by atoms with E-state index in [1.807, 2.05) is 27.2 Å². The number of phosphoric acid groups is 1. The Morgan fingerprint density at radius 1 is 0.636 bits per heavy atom. The van der Waals surface area contributed by atoms with Crippen molar-refractivity contribution in [2.24, 2.45) is 0 Å². The molecule has 0 aromatic carbocycles. The number of nitrogens with zero attached hydrogens (tertiary/aromatic N) is 1. The number of hydrogen-bond donors (Lipinski definition) is 3. The number of aliphatic hydroxyl groups excluding tert-OH is 1. The number of likely N-dealkylation sites (N-methyl/N-ethyl adjacent to an activating group) is 1. The Bertz CT molecular complexity index is 1210. The van der Waals surface area contributed by atoms with Gasteiger partial charge in [-0.25, -0.2) is 4.57 Å². The molecular weight excluding hydrogens is 707 g/mol. The number of carbonyl (C=O) groups excluding carboxylic acids is 1. The van der Waals surface area contributed by atoms with Crippen molar-refractivity contribution in [3.63, 3.8) is 0 Å². The minimum absolute atomic E-state index is 0.0409. The summed E-state index contributed by atoms with van der Waals surface area (Å²) in [6.45, 7) is 4.58. The van der Waals surface area contributed by atoms with Crippen LogP contribution in [-0.2, 0) is 18.4 Å². The van der Waals surface area contributed by atoms with Gasteiger partial charge in [0.1, 0.15) is 13.2 Å². The zero-order chi connectivity index (χ0) is 40.7. The lowest BCUT2D eigenvalue weighted by molar-refractivity contribution is -0.870. The first-order chi connectivity index (χ1) is 26.5. The van der Waals surface area contributed by atoms with E-state index in [9.17, 15) is 19.4 Å². The highest BCUT2D eigenvalue weighted by molar-refractivity contribution is 7.47. The maximum atomic E-state index is 12.8. The second-order valence-electron chi connectivity index (χ2n) is 15.0. The van der Waals surface area contributed by atoms with Gasteiger partial charge >= 0.3 is 7.82 Å². The number of hydrogen-bond acceptors (Lipinski definition) is 5. The average molecular weight is 788 g/mol. The predicted octanol–water partition coefficient (Wildman–Crippen LogP) is 11.6. The molecule has 0 aromatic heterocycles. The van der Waals surface area contributed by atoms with Gasteiger partial charge in [-0.15, -0.1) is 0 Å². The van der Waals surface area contributed by atoms with Crippen LogP contribution in [0, 0.1) is 0 Å². The number of phosphoric ester groups is 1. The molecule has 0 aliphatic heterocycles. The first-order valence-corrected chi connectivity index (χ1v) is 22.6. The summed E-state index contributed by atoms with van der Waals surface area (Å²) in [6.07, 6.45) is 51.9. The van der Waals surface area contributed by atoms with E-state index in [0.29, 0.717) is 23.9 Å². The van der Waals surface area contributed by atoms with E-state index < -0.39 is 20.0 Å². The molecule has 3 N–H and O–H groups in total. The van der Waals surface area contributed by atoms with Crippen LogP contribution >= 0.6 is 7.82 Å². The quantitative estimate of drug-likeness (QED) is 0.0253. The summed E-state index contributed by atoms with van der Waals surface area (Å²) >= 11 is 0. The Morgan fingerprint density at radius 2 is 1.11 bits per heavy atom. The maximum absolute atomic E-state index is 12.8. The number of amides is 1. The van der Waals surface area contributed by atoms with Crippen molar-refractivity contribution in [3.8, 4) is 0 Å². The summed E-state index contributed by atoms with van der Waals surface area (Å²) in [5.41, 5.74) is 0. The van der Waals surface area contributed by atoms with Gasteiger partial charge in [-0.2, -0.15) is 0 Å². The third-order valence-corrected chi connectivity index (χ3v) is 9.50. The number of unbranched alkanes of at least 4 members (excludes halogenated alkanes) is 9. The van der Waals surface area contributed by atoms with Gasteiger partial charge in [0.05, 0.1) is 39.9 Å². The van der Waals surface area contributed by atoms with Gasteiger partial charge in [0.15, 0.2) is 0 Å². The Balaban J connectivity index is 4.62. The van der Waals surface area contributed by atoms with Crippen LogP contribution in [0.4, 0.5) is 0 Å². The highest BCUT2D eigenvalue weighted by Gasteiger charge is 2.27. The lowest BCUT2D eigenvalue weighted by atomic mass is 10.1. The number of quaternary nitrogens is 1. The molecule has 314 valence electrons. The van der Waals surface area contributed by atoms with Gasteiger partial charge in [0.25, 0.3) is 0 Å². The SMILES string of the molecule is CC/C=C\C/C=C\C/C=C\C/C=C\C/C=C\CCCCCC(=O)NC(COP(=O)(O)OCC[N+](C)(C)C)C(O)/C=C/CC/C=C/CC/C=C/CCCCCC. The molecule has 55 heavy (non-hydrogen) atoms. The van der Waals surface area contributed by atoms with E-state index >= 15 is 0 Å². The van der Waals surface area contributed by atoms with Crippen LogP contribution in [0.3, 0.4) is 0 Å². The van der Waals surface area contributed by atoms with Gasteiger partial charge < -0.3 is 19.8 Å². The summed E-state index contributed by atoms with van der Waals surface area (Å²) in [6, 6.07) is -0.892. The topological polar surface area (TPSA) is 105 Å². The molecule has 0 fully saturated rings. The van der Waals surface area contributed by atoms with Gasteiger partial charge in [0, 0.05) is 6.42 Å². The van der Waals surface area contributed by atoms with Crippen molar-refractivity contribution >= 4 is 13.7 Å². The van der Waals surface area contributed by atoms with Crippen molar-refractivity contribution < 1.29 is 32.9 Å². The molecule has 0 aliphatic carbocycles. The summed E-state index contributed by atoms with van der Waals surface area (Å²) < 4.78 is 23.5. The molecule has 9 heteroatoms. The molecule has 0 spiro atoms. The minimum atomic E-state index is -4.36. The Labute approximate surface area is 337 Å². The van der Waals surface area contributed by atoms with Crippen LogP contribution in [0.15, 0.2) is 97.2 Å². The predicted molar refractivity (Wildman–Crippen MR) is 235 cm³/mol. The molecule has 0 bridgehead atoms. The second-order valence-corrected chi connectivity index (χ2v) is 16.4. The Hall–Kier alpha value is -2.58. The van der Waals surface area contributed by atoms with E-state index in [-0.39, 0.29) is 19.1 Å². The van der Waals surface area contributed by atoms with Crippen LogP contribution in [0.1, 0.15) is 136 Å². The highest BCUT2D eigenvalue weighted by Crippen LogP contribution is 2.43. The number of aliphatic hydroxyl groups is 1. The molecule has 3 atom stereocenters. The molecule has 0 radical (unpaired) electrons. The largest absolute Gasteiger partial charge is 0.472 e. The molecule has 0 saturated carbocycles. The van der Waals surface area contributed by atoms with E-state index in [1.54, 1.807) is 6.08 Å². The molecule has 8 nitrogen and oxygen atoms in total. The molecule has 0 saturated heterocycles. The fourth-order valence-corrected chi connectivity index (χ4v) is 5.89. The van der Waals surface area contributed by atoms with Crippen LogP contribution in [0.5, 0.6) is 0 Å². The van der Waals surface area contributed by atoms with Crippen LogP contribution < -0.4 is 5.32 Å². The van der Waals surface area contributed by atoms with Crippen LogP contribution in [-0.4, -0.2) is 73.4 Å². The molecular formula is C46H80N2O6P+. The van der Waals surface area contributed by atoms with Gasteiger partial charge in [-0.3, -0.25) is 13.8 Å². The summed E-state index contributed by atoms with van der Waals surface area (Å²) in [4.78, 5) is 23.1. The van der Waals surface area contributed by atoms with E-state index in [2.05, 4.69) is 104 Å². The molecule has 0 heterocycles. The third-order valence-electron chi connectivity index (χ3n) is 8.52. The van der Waals surface area contributed by atoms with E-state index in [4.69, 9.17) is 9.05 Å². The number of nitrogens with one attached hydrogen (secondary N) is 1. The lowest BCUT2D eigenvalue weighted by Gasteiger charge is -2.25. The molecule has 3 unspecified atom stereocenters. The van der Waals surface area contributed by atoms with Crippen LogP contribution in [0.25, 0.3) is 0 Å². The van der Waals surface area contributed by atoms with Crippen molar-refractivity contribution in [1.29, 1.82) is 0 Å². The smallest absolute Gasteiger partial charge is 0.387 e. The van der Waals surface area contributed by atoms with Gasteiger partial charge in [-0.1, -0.05) is 137 Å². The summed E-state index contributed by atoms with van der Waals surface area (Å²) in [5, 5.41) is 13.7. The van der Waals surface area contributed by atoms with Crippen LogP contribution in [0.2, 0.25) is 0 Å². The second kappa shape index (κ2) is 37.0. The van der Waals surface area contributed by atoms with Crippen molar-refractivity contribution in [3.05, 3.63) is 97.2 Å². The molecule has 0 rings (SSSR count). The Kier molecular flexibility index (Phi) is 35.3. The first-order valence-electron chi connectivity index (χ1n) is 21.1. The minimum Gasteiger partial charge on any atom is -0.387 e. The zero-order valence-electron chi connectivity index (χ0n) is 35.4. The molecule has 0 aromatic rings. The molecule has 0 aliphatic rings. The van der Waals surface area contributed by atoms with Gasteiger partial charge in [0.2, 0.25) is 5.91 Å². The van der Waals surface area contributed by atoms with Gasteiger partial charge in [-0.05, 0) is 89.9 Å². The fourth-order valence-electron chi connectivity index (χ4n) is 5.15. The lowest BCUT2D eigenvalue weighted by Crippen LogP contribution is -2.45. The number of carbonyl (C=O) groups is 1. The summed E-state index contributed by atoms with van der Waals surface area (Å²) in [5.74, 6) is -0.229. The third kappa shape index (κ3) is 39.5. The maximum Gasteiger partial charge on any atom is 0.472 e. The van der Waals surface area contributed by atoms with Crippen molar-refractivity contribution in [2.75, 3.05) is 40.9 Å². The first kappa shape index (κ1) is 52.4. The van der Waals surface area contributed by atoms with Crippen molar-refractivity contribution in [1.82, 2.24) is 5.32 Å². The molecule has 1 amide bonds. The fraction of sp³-hybridized carbons (Fsp3) is 0.630. The normalized spacial score (nSPS) is 15.4. The summed E-state index contributed by atoms with van der Waals surface area (Å²) in [7, 11) is 1.50.